The molecule has 17 heavy (non-hydrogen) atoms. The monoisotopic (exact) mass is 225 g/mol. The van der Waals surface area contributed by atoms with Gasteiger partial charge in [-0.05, 0) is 35.6 Å². The second-order valence-electron chi connectivity index (χ2n) is 4.73. The molecule has 2 heteroatoms. The Bertz CT molecular complexity index is 523. The molecule has 0 radical (unpaired) electrons. The van der Waals surface area contributed by atoms with Crippen LogP contribution in [-0.2, 0) is 18.4 Å². The number of hydrogen-bond donors (Lipinski definition) is 1. The molecule has 3 rings (SSSR count). The van der Waals surface area contributed by atoms with E-state index in [4.69, 9.17) is 0 Å². The van der Waals surface area contributed by atoms with Crippen LogP contribution in [0.1, 0.15) is 23.1 Å². The molecule has 0 saturated carbocycles. The first-order chi connectivity index (χ1) is 8.28. The predicted octanol–water partition coefficient (Wildman–Crippen LogP) is 2.46. The first-order valence-electron chi connectivity index (χ1n) is 5.98. The zero-order chi connectivity index (χ0) is 11.7. The van der Waals surface area contributed by atoms with Gasteiger partial charge in [-0.15, -0.1) is 0 Å². The summed E-state index contributed by atoms with van der Waals surface area (Å²) in [4.78, 5) is 4.10. The van der Waals surface area contributed by atoms with E-state index in [0.717, 1.165) is 24.0 Å². The molecule has 86 valence electrons. The molecule has 1 N–H and O–H groups in total. The Morgan fingerprint density at radius 3 is 2.88 bits per heavy atom. The summed E-state index contributed by atoms with van der Waals surface area (Å²) in [5.74, 6) is 0. The van der Waals surface area contributed by atoms with Crippen molar-refractivity contribution in [2.75, 3.05) is 0 Å². The smallest absolute Gasteiger partial charge is 0.0943 e. The molecule has 0 bridgehead atoms. The molecule has 1 aliphatic rings. The van der Waals surface area contributed by atoms with Gasteiger partial charge >= 0.3 is 0 Å². The first-order valence-corrected chi connectivity index (χ1v) is 5.98. The Labute approximate surface area is 101 Å². The minimum Gasteiger partial charge on any atom is -0.385 e. The van der Waals surface area contributed by atoms with Crippen LogP contribution < -0.4 is 0 Å². The van der Waals surface area contributed by atoms with Gasteiger partial charge in [0.25, 0.3) is 0 Å². The van der Waals surface area contributed by atoms with Crippen LogP contribution in [0.5, 0.6) is 0 Å². The summed E-state index contributed by atoms with van der Waals surface area (Å²) in [5.41, 5.74) is 2.74. The van der Waals surface area contributed by atoms with Crippen LogP contribution in [-0.4, -0.2) is 10.1 Å². The molecule has 0 aliphatic heterocycles. The maximum atomic E-state index is 10.8. The highest BCUT2D eigenvalue weighted by Crippen LogP contribution is 2.38. The number of nitrogens with zero attached hydrogens (tertiary/aromatic N) is 1. The lowest BCUT2D eigenvalue weighted by Gasteiger charge is -2.24. The molecule has 2 aromatic rings. The van der Waals surface area contributed by atoms with Crippen molar-refractivity contribution >= 4 is 0 Å². The molecule has 0 fully saturated rings. The van der Waals surface area contributed by atoms with Crippen LogP contribution in [0, 0.1) is 0 Å². The molecule has 1 unspecified atom stereocenters. The van der Waals surface area contributed by atoms with Crippen molar-refractivity contribution in [1.29, 1.82) is 0 Å². The Hall–Kier alpha value is -1.67. The summed E-state index contributed by atoms with van der Waals surface area (Å²) in [5, 5.41) is 10.8. The maximum Gasteiger partial charge on any atom is 0.0943 e. The van der Waals surface area contributed by atoms with Crippen LogP contribution >= 0.6 is 0 Å². The summed E-state index contributed by atoms with van der Waals surface area (Å²) < 4.78 is 0. The van der Waals surface area contributed by atoms with Gasteiger partial charge < -0.3 is 5.11 Å². The van der Waals surface area contributed by atoms with Crippen molar-refractivity contribution in [3.05, 3.63) is 65.5 Å². The largest absolute Gasteiger partial charge is 0.385 e. The van der Waals surface area contributed by atoms with Gasteiger partial charge in [0.15, 0.2) is 0 Å². The highest BCUT2D eigenvalue weighted by molar-refractivity contribution is 5.38. The van der Waals surface area contributed by atoms with Crippen LogP contribution in [0.2, 0.25) is 0 Å². The van der Waals surface area contributed by atoms with Crippen molar-refractivity contribution < 1.29 is 5.11 Å². The van der Waals surface area contributed by atoms with Crippen molar-refractivity contribution in [3.8, 4) is 0 Å². The van der Waals surface area contributed by atoms with Gasteiger partial charge in [0.1, 0.15) is 0 Å². The van der Waals surface area contributed by atoms with E-state index >= 15 is 0 Å². The molecule has 1 heterocycles. The van der Waals surface area contributed by atoms with Gasteiger partial charge in [-0.3, -0.25) is 4.98 Å². The summed E-state index contributed by atoms with van der Waals surface area (Å²) in [7, 11) is 0. The second-order valence-corrected chi connectivity index (χ2v) is 4.73. The third-order valence-corrected chi connectivity index (χ3v) is 3.55. The fourth-order valence-electron chi connectivity index (χ4n) is 2.69. The molecule has 0 saturated heterocycles. The number of rotatable bonds is 2. The molecule has 1 aliphatic carbocycles. The summed E-state index contributed by atoms with van der Waals surface area (Å²) >= 11 is 0. The Morgan fingerprint density at radius 2 is 2.06 bits per heavy atom. The van der Waals surface area contributed by atoms with E-state index in [-0.39, 0.29) is 0 Å². The van der Waals surface area contributed by atoms with Gasteiger partial charge in [-0.25, -0.2) is 0 Å². The fourth-order valence-corrected chi connectivity index (χ4v) is 2.69. The molecule has 1 aromatic carbocycles. The molecule has 2 nitrogen and oxygen atoms in total. The fraction of sp³-hybridized carbons (Fsp3) is 0.267. The van der Waals surface area contributed by atoms with Gasteiger partial charge in [0.2, 0.25) is 0 Å². The minimum absolute atomic E-state index is 0.651. The van der Waals surface area contributed by atoms with E-state index in [9.17, 15) is 5.11 Å². The number of pyridine rings is 1. The quantitative estimate of drug-likeness (QED) is 0.851. The van der Waals surface area contributed by atoms with E-state index in [1.54, 1.807) is 6.20 Å². The number of aliphatic hydroxyl groups is 1. The van der Waals surface area contributed by atoms with E-state index in [0.29, 0.717) is 6.42 Å². The molecule has 0 spiro atoms. The normalized spacial score (nSPS) is 22.4. The molecular weight excluding hydrogens is 210 g/mol. The highest BCUT2D eigenvalue weighted by atomic mass is 16.3. The Morgan fingerprint density at radius 1 is 1.18 bits per heavy atom. The number of aromatic nitrogens is 1. The lowest BCUT2D eigenvalue weighted by molar-refractivity contribution is 0.0389. The lowest BCUT2D eigenvalue weighted by Crippen LogP contribution is -2.25. The number of benzene rings is 1. The molecular formula is C15H15NO. The Balaban J connectivity index is 1.94. The van der Waals surface area contributed by atoms with Crippen LogP contribution in [0.25, 0.3) is 0 Å². The average molecular weight is 225 g/mol. The molecule has 1 aromatic heterocycles. The van der Waals surface area contributed by atoms with E-state index in [1.165, 1.54) is 5.56 Å². The second kappa shape index (κ2) is 3.97. The lowest BCUT2D eigenvalue weighted by atomic mass is 9.89. The topological polar surface area (TPSA) is 33.1 Å². The summed E-state index contributed by atoms with van der Waals surface area (Å²) in [6, 6.07) is 12.1. The SMILES string of the molecule is OC1(Cc2cccnc2)CCc2ccccc21. The standard InChI is InChI=1S/C15H15NO/c17-15(10-12-4-3-9-16-11-12)8-7-13-5-1-2-6-14(13)15/h1-6,9,11,17H,7-8,10H2. The number of fused-ring (bicyclic) bond motifs is 1. The van der Waals surface area contributed by atoms with Gasteiger partial charge in [0.05, 0.1) is 5.60 Å². The Kier molecular flexibility index (Phi) is 2.45. The van der Waals surface area contributed by atoms with Crippen molar-refractivity contribution in [2.45, 2.75) is 24.9 Å². The third-order valence-electron chi connectivity index (χ3n) is 3.55. The van der Waals surface area contributed by atoms with Crippen molar-refractivity contribution in [3.63, 3.8) is 0 Å². The number of aryl methyl sites for hydroxylation is 1. The van der Waals surface area contributed by atoms with Crippen molar-refractivity contribution in [2.24, 2.45) is 0 Å². The van der Waals surface area contributed by atoms with Gasteiger partial charge in [-0.2, -0.15) is 0 Å². The van der Waals surface area contributed by atoms with Crippen LogP contribution in [0.4, 0.5) is 0 Å². The maximum absolute atomic E-state index is 10.8. The molecule has 1 atom stereocenters. The zero-order valence-electron chi connectivity index (χ0n) is 9.63. The average Bonchev–Trinajstić information content (AvgIpc) is 2.69. The van der Waals surface area contributed by atoms with Gasteiger partial charge in [0, 0.05) is 18.8 Å². The number of hydrogen-bond acceptors (Lipinski definition) is 2. The van der Waals surface area contributed by atoms with Crippen LogP contribution in [0.3, 0.4) is 0 Å². The van der Waals surface area contributed by atoms with Gasteiger partial charge in [-0.1, -0.05) is 30.3 Å². The highest BCUT2D eigenvalue weighted by Gasteiger charge is 2.36. The summed E-state index contributed by atoms with van der Waals surface area (Å²) in [6.07, 6.45) is 6.01. The van der Waals surface area contributed by atoms with E-state index in [1.807, 2.05) is 36.5 Å². The third kappa shape index (κ3) is 1.85. The minimum atomic E-state index is -0.709. The zero-order valence-corrected chi connectivity index (χ0v) is 9.63. The van der Waals surface area contributed by atoms with E-state index in [2.05, 4.69) is 11.1 Å². The predicted molar refractivity (Wildman–Crippen MR) is 66.6 cm³/mol. The van der Waals surface area contributed by atoms with E-state index < -0.39 is 5.60 Å². The van der Waals surface area contributed by atoms with Crippen molar-refractivity contribution in [1.82, 2.24) is 4.98 Å². The first kappa shape index (κ1) is 10.5. The van der Waals surface area contributed by atoms with Crippen LogP contribution in [0.15, 0.2) is 48.8 Å². The molecule has 0 amide bonds. The summed E-state index contributed by atoms with van der Waals surface area (Å²) in [6.45, 7) is 0.